The predicted molar refractivity (Wildman–Crippen MR) is 58.6 cm³/mol. The van der Waals surface area contributed by atoms with Crippen molar-refractivity contribution in [3.8, 4) is 12.3 Å². The molecule has 0 bridgehead atoms. The molecule has 1 amide bonds. The SMILES string of the molecule is C#CC1C[C@@H]2[C@H](O)CCC[C@@H]2N1C(=O)OC. The van der Waals surface area contributed by atoms with Crippen molar-refractivity contribution in [2.24, 2.45) is 5.92 Å². The Hall–Kier alpha value is -1.21. The highest BCUT2D eigenvalue weighted by Crippen LogP contribution is 2.39. The quantitative estimate of drug-likeness (QED) is 0.623. The van der Waals surface area contributed by atoms with Gasteiger partial charge in [-0.1, -0.05) is 5.92 Å². The Kier molecular flexibility index (Phi) is 3.06. The minimum Gasteiger partial charge on any atom is -0.453 e. The fourth-order valence-electron chi connectivity index (χ4n) is 3.00. The minimum atomic E-state index is -0.371. The number of ether oxygens (including phenoxy) is 1. The van der Waals surface area contributed by atoms with Crippen molar-refractivity contribution in [3.63, 3.8) is 0 Å². The molecule has 0 spiro atoms. The summed E-state index contributed by atoms with van der Waals surface area (Å²) >= 11 is 0. The third-order valence-corrected chi connectivity index (χ3v) is 3.75. The summed E-state index contributed by atoms with van der Waals surface area (Å²) in [5.74, 6) is 2.74. The zero-order valence-corrected chi connectivity index (χ0v) is 9.43. The van der Waals surface area contributed by atoms with Crippen LogP contribution in [0.15, 0.2) is 0 Å². The molecule has 1 saturated heterocycles. The Balaban J connectivity index is 2.22. The molecule has 2 rings (SSSR count). The number of aliphatic hydroxyl groups excluding tert-OH is 1. The van der Waals surface area contributed by atoms with Crippen LogP contribution < -0.4 is 0 Å². The molecule has 16 heavy (non-hydrogen) atoms. The van der Waals surface area contributed by atoms with Crippen LogP contribution in [-0.2, 0) is 4.74 Å². The van der Waals surface area contributed by atoms with Crippen LogP contribution in [0.5, 0.6) is 0 Å². The van der Waals surface area contributed by atoms with Crippen molar-refractivity contribution in [1.82, 2.24) is 4.90 Å². The van der Waals surface area contributed by atoms with Crippen LogP contribution in [-0.4, -0.2) is 41.4 Å². The van der Waals surface area contributed by atoms with Crippen LogP contribution in [0.4, 0.5) is 4.79 Å². The number of carbonyl (C=O) groups excluding carboxylic acids is 1. The molecule has 88 valence electrons. The molecule has 4 nitrogen and oxygen atoms in total. The van der Waals surface area contributed by atoms with Gasteiger partial charge in [0.25, 0.3) is 0 Å². The molecule has 1 aliphatic carbocycles. The highest BCUT2D eigenvalue weighted by Gasteiger charge is 2.47. The van der Waals surface area contributed by atoms with E-state index in [9.17, 15) is 9.90 Å². The standard InChI is InChI=1S/C12H17NO3/c1-3-8-7-9-10(5-4-6-11(9)14)13(8)12(15)16-2/h1,8-11,14H,4-7H2,2H3/t8?,9-,10-,11+/m0/s1. The first kappa shape index (κ1) is 11.3. The number of aliphatic hydroxyl groups is 1. The maximum atomic E-state index is 11.7. The molecule has 2 aliphatic rings. The average Bonchev–Trinajstić information content (AvgIpc) is 2.68. The Morgan fingerprint density at radius 1 is 1.56 bits per heavy atom. The van der Waals surface area contributed by atoms with E-state index in [1.54, 1.807) is 4.90 Å². The molecule has 0 radical (unpaired) electrons. The van der Waals surface area contributed by atoms with Crippen molar-refractivity contribution in [3.05, 3.63) is 0 Å². The number of amides is 1. The first-order valence-corrected chi connectivity index (χ1v) is 5.69. The summed E-state index contributed by atoms with van der Waals surface area (Å²) in [6.45, 7) is 0. The number of methoxy groups -OCH3 is 1. The first-order valence-electron chi connectivity index (χ1n) is 5.69. The van der Waals surface area contributed by atoms with E-state index in [-0.39, 0.29) is 30.2 Å². The molecule has 0 aromatic rings. The minimum absolute atomic E-state index is 0.0530. The fraction of sp³-hybridized carbons (Fsp3) is 0.750. The lowest BCUT2D eigenvalue weighted by atomic mass is 9.82. The summed E-state index contributed by atoms with van der Waals surface area (Å²) in [5.41, 5.74) is 0. The Morgan fingerprint density at radius 3 is 2.94 bits per heavy atom. The van der Waals surface area contributed by atoms with E-state index in [4.69, 9.17) is 11.2 Å². The molecule has 0 aromatic carbocycles. The molecule has 0 aromatic heterocycles. The molecule has 4 atom stereocenters. The number of fused-ring (bicyclic) bond motifs is 1. The number of rotatable bonds is 0. The van der Waals surface area contributed by atoms with Gasteiger partial charge in [-0.25, -0.2) is 4.79 Å². The highest BCUT2D eigenvalue weighted by molar-refractivity contribution is 5.69. The summed E-state index contributed by atoms with van der Waals surface area (Å²) in [7, 11) is 1.36. The molecule has 1 unspecified atom stereocenters. The normalized spacial score (nSPS) is 37.7. The van der Waals surface area contributed by atoms with Gasteiger partial charge in [0.05, 0.1) is 19.3 Å². The molecule has 1 aliphatic heterocycles. The van der Waals surface area contributed by atoms with Gasteiger partial charge in [0, 0.05) is 12.0 Å². The van der Waals surface area contributed by atoms with Crippen LogP contribution in [0.3, 0.4) is 0 Å². The van der Waals surface area contributed by atoms with Gasteiger partial charge in [-0.3, -0.25) is 4.90 Å². The van der Waals surface area contributed by atoms with Gasteiger partial charge in [-0.05, 0) is 25.7 Å². The molecule has 1 heterocycles. The average molecular weight is 223 g/mol. The van der Waals surface area contributed by atoms with Crippen molar-refractivity contribution in [1.29, 1.82) is 0 Å². The number of hydrogen-bond donors (Lipinski definition) is 1. The highest BCUT2D eigenvalue weighted by atomic mass is 16.5. The Bertz CT molecular complexity index is 323. The van der Waals surface area contributed by atoms with Crippen molar-refractivity contribution >= 4 is 6.09 Å². The molecule has 4 heteroatoms. The summed E-state index contributed by atoms with van der Waals surface area (Å²) in [6, 6.07) is -0.174. The van der Waals surface area contributed by atoms with Gasteiger partial charge in [0.15, 0.2) is 0 Å². The first-order chi connectivity index (χ1) is 7.69. The number of carbonyl (C=O) groups is 1. The van der Waals surface area contributed by atoms with Crippen molar-refractivity contribution in [2.75, 3.05) is 7.11 Å². The predicted octanol–water partition coefficient (Wildman–Crippen LogP) is 0.990. The summed E-state index contributed by atoms with van der Waals surface area (Å²) in [4.78, 5) is 13.3. The van der Waals surface area contributed by atoms with Gasteiger partial charge >= 0.3 is 6.09 Å². The zero-order chi connectivity index (χ0) is 11.7. The number of likely N-dealkylation sites (tertiary alicyclic amines) is 1. The van der Waals surface area contributed by atoms with E-state index in [0.29, 0.717) is 6.42 Å². The lowest BCUT2D eigenvalue weighted by Gasteiger charge is -2.34. The van der Waals surface area contributed by atoms with Crippen LogP contribution in [0.2, 0.25) is 0 Å². The molecular formula is C12H17NO3. The largest absolute Gasteiger partial charge is 0.453 e. The van der Waals surface area contributed by atoms with E-state index < -0.39 is 0 Å². The summed E-state index contributed by atoms with van der Waals surface area (Å²) < 4.78 is 4.76. The second-order valence-corrected chi connectivity index (χ2v) is 4.52. The van der Waals surface area contributed by atoms with E-state index >= 15 is 0 Å². The molecular weight excluding hydrogens is 206 g/mol. The summed E-state index contributed by atoms with van der Waals surface area (Å²) in [5, 5.41) is 9.92. The number of nitrogens with zero attached hydrogens (tertiary/aromatic N) is 1. The van der Waals surface area contributed by atoms with E-state index in [2.05, 4.69) is 5.92 Å². The monoisotopic (exact) mass is 223 g/mol. The second-order valence-electron chi connectivity index (χ2n) is 4.52. The Morgan fingerprint density at radius 2 is 2.31 bits per heavy atom. The fourth-order valence-corrected chi connectivity index (χ4v) is 3.00. The smallest absolute Gasteiger partial charge is 0.410 e. The van der Waals surface area contributed by atoms with E-state index in [1.807, 2.05) is 0 Å². The van der Waals surface area contributed by atoms with E-state index in [0.717, 1.165) is 19.3 Å². The second kappa shape index (κ2) is 4.34. The van der Waals surface area contributed by atoms with Crippen LogP contribution >= 0.6 is 0 Å². The maximum Gasteiger partial charge on any atom is 0.410 e. The van der Waals surface area contributed by atoms with Crippen molar-refractivity contribution < 1.29 is 14.6 Å². The third-order valence-electron chi connectivity index (χ3n) is 3.75. The zero-order valence-electron chi connectivity index (χ0n) is 9.43. The van der Waals surface area contributed by atoms with Crippen LogP contribution in [0, 0.1) is 18.3 Å². The number of terminal acetylenes is 1. The molecule has 1 saturated carbocycles. The van der Waals surface area contributed by atoms with Crippen molar-refractivity contribution in [2.45, 2.75) is 43.9 Å². The summed E-state index contributed by atoms with van der Waals surface area (Å²) in [6.07, 6.45) is 8.09. The molecule has 2 fully saturated rings. The lowest BCUT2D eigenvalue weighted by molar-refractivity contribution is 0.0382. The van der Waals surface area contributed by atoms with Gasteiger partial charge in [-0.15, -0.1) is 6.42 Å². The lowest BCUT2D eigenvalue weighted by Crippen LogP contribution is -2.45. The number of hydrogen-bond acceptors (Lipinski definition) is 3. The van der Waals surface area contributed by atoms with E-state index in [1.165, 1.54) is 7.11 Å². The van der Waals surface area contributed by atoms with Gasteiger partial charge in [0.1, 0.15) is 0 Å². The van der Waals surface area contributed by atoms with Crippen LogP contribution in [0.1, 0.15) is 25.7 Å². The van der Waals surface area contributed by atoms with Crippen LogP contribution in [0.25, 0.3) is 0 Å². The maximum absolute atomic E-state index is 11.7. The van der Waals surface area contributed by atoms with Gasteiger partial charge < -0.3 is 9.84 Å². The Labute approximate surface area is 95.6 Å². The van der Waals surface area contributed by atoms with Gasteiger partial charge in [0.2, 0.25) is 0 Å². The molecule has 1 N–H and O–H groups in total. The third kappa shape index (κ3) is 1.65. The van der Waals surface area contributed by atoms with Gasteiger partial charge in [-0.2, -0.15) is 0 Å². The topological polar surface area (TPSA) is 49.8 Å².